The van der Waals surface area contributed by atoms with Crippen LogP contribution in [-0.2, 0) is 4.74 Å². The molecule has 3 rings (SSSR count). The minimum absolute atomic E-state index is 0.0296. The van der Waals surface area contributed by atoms with Gasteiger partial charge in [-0.3, -0.25) is 9.78 Å². The Morgan fingerprint density at radius 2 is 2.14 bits per heavy atom. The Morgan fingerprint density at radius 3 is 2.77 bits per heavy atom. The van der Waals surface area contributed by atoms with Gasteiger partial charge in [0, 0.05) is 37.5 Å². The first kappa shape index (κ1) is 15.4. The minimum atomic E-state index is -0.0296. The molecular weight excluding hydrogens is 278 g/mol. The number of carbonyl (C=O) groups is 1. The summed E-state index contributed by atoms with van der Waals surface area (Å²) in [5.41, 5.74) is 0.580. The molecule has 120 valence electrons. The van der Waals surface area contributed by atoms with E-state index in [1.807, 2.05) is 11.9 Å². The number of carbonyl (C=O) groups excluding carboxylic acids is 1. The Hall–Kier alpha value is -1.49. The Balaban J connectivity index is 1.77. The van der Waals surface area contributed by atoms with Crippen LogP contribution in [0.5, 0.6) is 0 Å². The summed E-state index contributed by atoms with van der Waals surface area (Å²) in [6, 6.07) is 0.263. The Labute approximate surface area is 132 Å². The normalized spacial score (nSPS) is 26.5. The summed E-state index contributed by atoms with van der Waals surface area (Å²) in [4.78, 5) is 22.7. The van der Waals surface area contributed by atoms with Gasteiger partial charge in [-0.25, -0.2) is 4.98 Å². The van der Waals surface area contributed by atoms with E-state index < -0.39 is 0 Å². The zero-order valence-corrected chi connectivity index (χ0v) is 13.5. The molecule has 2 atom stereocenters. The quantitative estimate of drug-likeness (QED) is 0.858. The smallest absolute Gasteiger partial charge is 0.274 e. The van der Waals surface area contributed by atoms with Crippen molar-refractivity contribution in [2.24, 2.45) is 5.41 Å². The monoisotopic (exact) mass is 303 g/mol. The highest BCUT2D eigenvalue weighted by Crippen LogP contribution is 2.55. The molecule has 1 aromatic rings. The van der Waals surface area contributed by atoms with Gasteiger partial charge in [-0.05, 0) is 26.2 Å². The van der Waals surface area contributed by atoms with Gasteiger partial charge < -0.3 is 9.64 Å². The van der Waals surface area contributed by atoms with Crippen molar-refractivity contribution in [1.29, 1.82) is 0 Å². The molecule has 2 fully saturated rings. The summed E-state index contributed by atoms with van der Waals surface area (Å²) >= 11 is 0. The van der Waals surface area contributed by atoms with Gasteiger partial charge in [-0.15, -0.1) is 0 Å². The lowest BCUT2D eigenvalue weighted by molar-refractivity contribution is -0.170. The summed E-state index contributed by atoms with van der Waals surface area (Å²) < 4.78 is 5.97. The van der Waals surface area contributed by atoms with Crippen LogP contribution in [0, 0.1) is 5.41 Å². The molecule has 0 aliphatic heterocycles. The van der Waals surface area contributed by atoms with Crippen LogP contribution in [0.3, 0.4) is 0 Å². The van der Waals surface area contributed by atoms with Crippen molar-refractivity contribution < 1.29 is 9.53 Å². The second kappa shape index (κ2) is 6.32. The molecule has 2 aliphatic rings. The van der Waals surface area contributed by atoms with Gasteiger partial charge in [0.1, 0.15) is 5.69 Å². The molecule has 0 N–H and O–H groups in total. The van der Waals surface area contributed by atoms with Crippen LogP contribution in [0.2, 0.25) is 0 Å². The molecule has 2 saturated carbocycles. The van der Waals surface area contributed by atoms with Gasteiger partial charge in [0.2, 0.25) is 0 Å². The lowest BCUT2D eigenvalue weighted by Gasteiger charge is -2.60. The lowest BCUT2D eigenvalue weighted by atomic mass is 9.54. The van der Waals surface area contributed by atoms with Crippen molar-refractivity contribution in [3.63, 3.8) is 0 Å². The Morgan fingerprint density at radius 1 is 1.36 bits per heavy atom. The number of hydrogen-bond donors (Lipinski definition) is 0. The van der Waals surface area contributed by atoms with Gasteiger partial charge in [-0.2, -0.15) is 0 Å². The van der Waals surface area contributed by atoms with Crippen molar-refractivity contribution in [3.8, 4) is 0 Å². The van der Waals surface area contributed by atoms with E-state index in [0.29, 0.717) is 11.8 Å². The van der Waals surface area contributed by atoms with E-state index in [1.54, 1.807) is 18.6 Å². The van der Waals surface area contributed by atoms with E-state index in [4.69, 9.17) is 4.74 Å². The van der Waals surface area contributed by atoms with Gasteiger partial charge in [-0.1, -0.05) is 19.3 Å². The standard InChI is InChI=1S/C17H25N3O2/c1-3-22-15-11-14(17(15)7-5-4-6-8-17)20(2)16(21)13-12-18-9-10-19-13/h9-10,12,14-15H,3-8,11H2,1-2H3/t14-,15-/m0/s1. The third-order valence-electron chi connectivity index (χ3n) is 5.46. The second-order valence-corrected chi connectivity index (χ2v) is 6.50. The van der Waals surface area contributed by atoms with Crippen LogP contribution in [0.4, 0.5) is 0 Å². The molecule has 22 heavy (non-hydrogen) atoms. The molecular formula is C17H25N3O2. The minimum Gasteiger partial charge on any atom is -0.378 e. The fourth-order valence-corrected chi connectivity index (χ4v) is 4.30. The van der Waals surface area contributed by atoms with Crippen molar-refractivity contribution in [2.45, 2.75) is 57.6 Å². The number of nitrogens with zero attached hydrogens (tertiary/aromatic N) is 3. The van der Waals surface area contributed by atoms with Gasteiger partial charge in [0.05, 0.1) is 12.3 Å². The highest BCUT2D eigenvalue weighted by atomic mass is 16.5. The first-order valence-electron chi connectivity index (χ1n) is 8.34. The number of aromatic nitrogens is 2. The van der Waals surface area contributed by atoms with Crippen LogP contribution in [-0.4, -0.2) is 46.6 Å². The molecule has 0 unspecified atom stereocenters. The number of amides is 1. The van der Waals surface area contributed by atoms with E-state index in [-0.39, 0.29) is 17.4 Å². The molecule has 1 spiro atoms. The topological polar surface area (TPSA) is 55.3 Å². The van der Waals surface area contributed by atoms with Crippen LogP contribution < -0.4 is 0 Å². The van der Waals surface area contributed by atoms with Gasteiger partial charge >= 0.3 is 0 Å². The molecule has 0 radical (unpaired) electrons. The predicted molar refractivity (Wildman–Crippen MR) is 83.5 cm³/mol. The highest BCUT2D eigenvalue weighted by molar-refractivity contribution is 5.92. The molecule has 0 saturated heterocycles. The number of hydrogen-bond acceptors (Lipinski definition) is 4. The third kappa shape index (κ3) is 2.51. The van der Waals surface area contributed by atoms with Crippen LogP contribution >= 0.6 is 0 Å². The van der Waals surface area contributed by atoms with Crippen LogP contribution in [0.1, 0.15) is 55.9 Å². The molecule has 2 aliphatic carbocycles. The largest absolute Gasteiger partial charge is 0.378 e. The first-order chi connectivity index (χ1) is 10.7. The van der Waals surface area contributed by atoms with Crippen molar-refractivity contribution in [1.82, 2.24) is 14.9 Å². The number of rotatable bonds is 4. The van der Waals surface area contributed by atoms with Crippen molar-refractivity contribution >= 4 is 5.91 Å². The third-order valence-corrected chi connectivity index (χ3v) is 5.46. The SMILES string of the molecule is CCO[C@H]1C[C@H](N(C)C(=O)c2cnccn2)C12CCCCC2. The van der Waals surface area contributed by atoms with Crippen molar-refractivity contribution in [2.75, 3.05) is 13.7 Å². The number of ether oxygens (including phenoxy) is 1. The molecule has 0 aromatic carbocycles. The Bertz CT molecular complexity index is 514. The molecule has 1 amide bonds. The average Bonchev–Trinajstić information content (AvgIpc) is 2.58. The second-order valence-electron chi connectivity index (χ2n) is 6.50. The van der Waals surface area contributed by atoms with E-state index in [1.165, 1.54) is 32.1 Å². The zero-order valence-electron chi connectivity index (χ0n) is 13.5. The Kier molecular flexibility index (Phi) is 4.43. The van der Waals surface area contributed by atoms with Gasteiger partial charge in [0.25, 0.3) is 5.91 Å². The average molecular weight is 303 g/mol. The van der Waals surface area contributed by atoms with Crippen molar-refractivity contribution in [3.05, 3.63) is 24.3 Å². The fourth-order valence-electron chi connectivity index (χ4n) is 4.30. The van der Waals surface area contributed by atoms with Gasteiger partial charge in [0.15, 0.2) is 0 Å². The maximum absolute atomic E-state index is 12.7. The fraction of sp³-hybridized carbons (Fsp3) is 0.706. The maximum atomic E-state index is 12.7. The summed E-state index contributed by atoms with van der Waals surface area (Å²) in [7, 11) is 1.90. The summed E-state index contributed by atoms with van der Waals surface area (Å²) in [5, 5.41) is 0. The molecule has 5 heteroatoms. The summed E-state index contributed by atoms with van der Waals surface area (Å²) in [6.07, 6.45) is 12.1. The molecule has 5 nitrogen and oxygen atoms in total. The molecule has 1 heterocycles. The summed E-state index contributed by atoms with van der Waals surface area (Å²) in [5.74, 6) is -0.0296. The summed E-state index contributed by atoms with van der Waals surface area (Å²) in [6.45, 7) is 2.80. The first-order valence-corrected chi connectivity index (χ1v) is 8.34. The van der Waals surface area contributed by atoms with E-state index in [0.717, 1.165) is 13.0 Å². The predicted octanol–water partition coefficient (Wildman–Crippen LogP) is 2.68. The van der Waals surface area contributed by atoms with E-state index >= 15 is 0 Å². The molecule has 1 aromatic heterocycles. The lowest BCUT2D eigenvalue weighted by Crippen LogP contribution is -2.65. The molecule has 0 bridgehead atoms. The van der Waals surface area contributed by atoms with E-state index in [2.05, 4.69) is 16.9 Å². The maximum Gasteiger partial charge on any atom is 0.274 e. The highest BCUT2D eigenvalue weighted by Gasteiger charge is 2.57. The zero-order chi connectivity index (χ0) is 15.6. The van der Waals surface area contributed by atoms with E-state index in [9.17, 15) is 4.79 Å². The van der Waals surface area contributed by atoms with Crippen LogP contribution in [0.15, 0.2) is 18.6 Å². The van der Waals surface area contributed by atoms with Crippen LogP contribution in [0.25, 0.3) is 0 Å².